The molecule has 1 nitrogen and oxygen atoms in total. The lowest BCUT2D eigenvalue weighted by Gasteiger charge is -2.40. The molecule has 1 rings (SSSR count). The SMILES string of the molecule is C#CCC(NCC)C1(C)CCCCC1. The van der Waals surface area contributed by atoms with E-state index >= 15 is 0 Å². The van der Waals surface area contributed by atoms with Gasteiger partial charge in [0, 0.05) is 12.5 Å². The van der Waals surface area contributed by atoms with Gasteiger partial charge in [0.2, 0.25) is 0 Å². The van der Waals surface area contributed by atoms with Gasteiger partial charge in [-0.25, -0.2) is 0 Å². The molecule has 0 saturated heterocycles. The minimum absolute atomic E-state index is 0.445. The summed E-state index contributed by atoms with van der Waals surface area (Å²) in [5, 5.41) is 3.55. The number of hydrogen-bond acceptors (Lipinski definition) is 1. The molecule has 80 valence electrons. The molecule has 0 aliphatic heterocycles. The molecular weight excluding hydrogens is 170 g/mol. The first kappa shape index (κ1) is 11.6. The molecule has 0 spiro atoms. The number of nitrogens with one attached hydrogen (secondary N) is 1. The Labute approximate surface area is 88.7 Å². The molecule has 1 heteroatoms. The zero-order valence-electron chi connectivity index (χ0n) is 9.60. The van der Waals surface area contributed by atoms with Crippen LogP contribution in [0.4, 0.5) is 0 Å². The van der Waals surface area contributed by atoms with E-state index in [2.05, 4.69) is 25.1 Å². The zero-order chi connectivity index (χ0) is 10.4. The fourth-order valence-electron chi connectivity index (χ4n) is 2.64. The van der Waals surface area contributed by atoms with E-state index < -0.39 is 0 Å². The van der Waals surface area contributed by atoms with Crippen LogP contribution in [-0.2, 0) is 0 Å². The van der Waals surface area contributed by atoms with E-state index in [0.29, 0.717) is 11.5 Å². The third-order valence-electron chi connectivity index (χ3n) is 3.61. The van der Waals surface area contributed by atoms with Gasteiger partial charge < -0.3 is 5.32 Å². The van der Waals surface area contributed by atoms with Crippen LogP contribution in [0.1, 0.15) is 52.4 Å². The summed E-state index contributed by atoms with van der Waals surface area (Å²) in [6, 6.07) is 0.526. The van der Waals surface area contributed by atoms with E-state index in [1.54, 1.807) is 0 Å². The molecule has 0 amide bonds. The molecule has 14 heavy (non-hydrogen) atoms. The molecule has 1 aliphatic carbocycles. The Morgan fingerprint density at radius 3 is 2.50 bits per heavy atom. The van der Waals surface area contributed by atoms with Crippen LogP contribution in [0.5, 0.6) is 0 Å². The van der Waals surface area contributed by atoms with Crippen molar-refractivity contribution in [2.75, 3.05) is 6.54 Å². The maximum atomic E-state index is 5.44. The zero-order valence-corrected chi connectivity index (χ0v) is 9.60. The van der Waals surface area contributed by atoms with Gasteiger partial charge in [-0.2, -0.15) is 0 Å². The number of rotatable bonds is 4. The minimum atomic E-state index is 0.445. The number of hydrogen-bond donors (Lipinski definition) is 1. The summed E-state index contributed by atoms with van der Waals surface area (Å²) in [4.78, 5) is 0. The Morgan fingerprint density at radius 2 is 2.00 bits per heavy atom. The summed E-state index contributed by atoms with van der Waals surface area (Å²) in [5.74, 6) is 2.81. The lowest BCUT2D eigenvalue weighted by Crippen LogP contribution is -2.44. The molecule has 1 N–H and O–H groups in total. The maximum absolute atomic E-state index is 5.44. The average Bonchev–Trinajstić information content (AvgIpc) is 2.19. The monoisotopic (exact) mass is 193 g/mol. The van der Waals surface area contributed by atoms with Gasteiger partial charge in [0.25, 0.3) is 0 Å². The molecule has 0 aromatic heterocycles. The van der Waals surface area contributed by atoms with Crippen molar-refractivity contribution in [2.45, 2.75) is 58.4 Å². The van der Waals surface area contributed by atoms with E-state index in [-0.39, 0.29) is 0 Å². The summed E-state index contributed by atoms with van der Waals surface area (Å²) in [6.45, 7) is 5.59. The van der Waals surface area contributed by atoms with Crippen LogP contribution in [0.25, 0.3) is 0 Å². The van der Waals surface area contributed by atoms with E-state index in [1.807, 2.05) is 0 Å². The molecule has 0 aromatic rings. The third kappa shape index (κ3) is 2.75. The van der Waals surface area contributed by atoms with Crippen molar-refractivity contribution in [1.82, 2.24) is 5.32 Å². The van der Waals surface area contributed by atoms with Crippen molar-refractivity contribution < 1.29 is 0 Å². The highest BCUT2D eigenvalue weighted by Gasteiger charge is 2.34. The highest BCUT2D eigenvalue weighted by molar-refractivity contribution is 4.98. The van der Waals surface area contributed by atoms with E-state index in [4.69, 9.17) is 6.42 Å². The third-order valence-corrected chi connectivity index (χ3v) is 3.61. The van der Waals surface area contributed by atoms with Crippen LogP contribution in [-0.4, -0.2) is 12.6 Å². The summed E-state index contributed by atoms with van der Waals surface area (Å²) >= 11 is 0. The lowest BCUT2D eigenvalue weighted by molar-refractivity contribution is 0.148. The summed E-state index contributed by atoms with van der Waals surface area (Å²) in [5.41, 5.74) is 0.445. The molecule has 0 heterocycles. The van der Waals surface area contributed by atoms with Crippen molar-refractivity contribution in [3.8, 4) is 12.3 Å². The van der Waals surface area contributed by atoms with Crippen LogP contribution in [0, 0.1) is 17.8 Å². The lowest BCUT2D eigenvalue weighted by atomic mass is 9.69. The first-order valence-corrected chi connectivity index (χ1v) is 5.90. The Balaban J connectivity index is 2.59. The summed E-state index contributed by atoms with van der Waals surface area (Å²) in [6.07, 6.45) is 13.2. The smallest absolute Gasteiger partial charge is 0.0246 e. The van der Waals surface area contributed by atoms with Crippen molar-refractivity contribution in [3.63, 3.8) is 0 Å². The molecule has 1 saturated carbocycles. The first-order valence-electron chi connectivity index (χ1n) is 5.90. The predicted molar refractivity (Wildman–Crippen MR) is 62.1 cm³/mol. The van der Waals surface area contributed by atoms with E-state index in [9.17, 15) is 0 Å². The molecule has 1 aliphatic rings. The molecule has 1 unspecified atom stereocenters. The van der Waals surface area contributed by atoms with Crippen molar-refractivity contribution in [3.05, 3.63) is 0 Å². The highest BCUT2D eigenvalue weighted by atomic mass is 14.9. The van der Waals surface area contributed by atoms with Gasteiger partial charge in [-0.3, -0.25) is 0 Å². The maximum Gasteiger partial charge on any atom is 0.0246 e. The molecule has 1 fully saturated rings. The van der Waals surface area contributed by atoms with Crippen molar-refractivity contribution in [1.29, 1.82) is 0 Å². The standard InChI is InChI=1S/C13H23N/c1-4-9-12(14-5-2)13(3)10-7-6-8-11-13/h1,12,14H,5-11H2,2-3H3. The second-order valence-corrected chi connectivity index (χ2v) is 4.73. The average molecular weight is 193 g/mol. The fraction of sp³-hybridized carbons (Fsp3) is 0.846. The van der Waals surface area contributed by atoms with Gasteiger partial charge in [-0.1, -0.05) is 33.1 Å². The van der Waals surface area contributed by atoms with Crippen LogP contribution in [0.2, 0.25) is 0 Å². The predicted octanol–water partition coefficient (Wildman–Crippen LogP) is 2.96. The van der Waals surface area contributed by atoms with E-state index in [0.717, 1.165) is 13.0 Å². The van der Waals surface area contributed by atoms with Gasteiger partial charge in [-0.15, -0.1) is 12.3 Å². The molecule has 0 bridgehead atoms. The topological polar surface area (TPSA) is 12.0 Å². The van der Waals surface area contributed by atoms with Crippen LogP contribution < -0.4 is 5.32 Å². The van der Waals surface area contributed by atoms with Gasteiger partial charge in [0.15, 0.2) is 0 Å². The molecule has 0 radical (unpaired) electrons. The van der Waals surface area contributed by atoms with Gasteiger partial charge in [0.05, 0.1) is 0 Å². The Hall–Kier alpha value is -0.480. The Bertz CT molecular complexity index is 196. The van der Waals surface area contributed by atoms with Gasteiger partial charge in [0.1, 0.15) is 0 Å². The molecular formula is C13H23N. The molecule has 1 atom stereocenters. The van der Waals surface area contributed by atoms with Crippen LogP contribution in [0.3, 0.4) is 0 Å². The van der Waals surface area contributed by atoms with Gasteiger partial charge >= 0.3 is 0 Å². The van der Waals surface area contributed by atoms with Gasteiger partial charge in [-0.05, 0) is 24.8 Å². The van der Waals surface area contributed by atoms with Crippen molar-refractivity contribution >= 4 is 0 Å². The minimum Gasteiger partial charge on any atom is -0.313 e. The van der Waals surface area contributed by atoms with Crippen LogP contribution in [0.15, 0.2) is 0 Å². The Morgan fingerprint density at radius 1 is 1.36 bits per heavy atom. The second-order valence-electron chi connectivity index (χ2n) is 4.73. The first-order chi connectivity index (χ1) is 6.73. The van der Waals surface area contributed by atoms with Crippen molar-refractivity contribution in [2.24, 2.45) is 5.41 Å². The second kappa shape index (κ2) is 5.41. The fourth-order valence-corrected chi connectivity index (χ4v) is 2.64. The summed E-state index contributed by atoms with van der Waals surface area (Å²) < 4.78 is 0. The molecule has 0 aromatic carbocycles. The van der Waals surface area contributed by atoms with Crippen LogP contribution >= 0.6 is 0 Å². The largest absolute Gasteiger partial charge is 0.313 e. The quantitative estimate of drug-likeness (QED) is 0.677. The van der Waals surface area contributed by atoms with E-state index in [1.165, 1.54) is 32.1 Å². The summed E-state index contributed by atoms with van der Waals surface area (Å²) in [7, 11) is 0. The number of terminal acetylenes is 1. The highest BCUT2D eigenvalue weighted by Crippen LogP contribution is 2.39. The Kier molecular flexibility index (Phi) is 4.48. The normalized spacial score (nSPS) is 22.6.